The second kappa shape index (κ2) is 10.2. The van der Waals surface area contributed by atoms with Gasteiger partial charge in [-0.25, -0.2) is 4.79 Å². The third kappa shape index (κ3) is 4.08. The topological polar surface area (TPSA) is 77.5 Å². The monoisotopic (exact) mass is 509 g/mol. The fourth-order valence-corrected chi connectivity index (χ4v) is 4.88. The minimum absolute atomic E-state index is 0.205. The smallest absolute Gasteiger partial charge is 0.335 e. The molecule has 5 aromatic rings. The van der Waals surface area contributed by atoms with Crippen molar-refractivity contribution in [2.75, 3.05) is 33.3 Å². The lowest BCUT2D eigenvalue weighted by Crippen LogP contribution is -2.12. The Morgan fingerprint density at radius 2 is 1.00 bits per heavy atom. The van der Waals surface area contributed by atoms with Gasteiger partial charge in [-0.05, 0) is 60.7 Å². The van der Waals surface area contributed by atoms with Gasteiger partial charge in [-0.1, -0.05) is 24.3 Å². The highest BCUT2D eigenvalue weighted by Crippen LogP contribution is 2.48. The summed E-state index contributed by atoms with van der Waals surface area (Å²) in [7, 11) is 6.53. The van der Waals surface area contributed by atoms with E-state index in [1.807, 2.05) is 60.7 Å². The molecule has 0 spiro atoms. The van der Waals surface area contributed by atoms with E-state index in [1.165, 1.54) is 0 Å². The zero-order valence-electron chi connectivity index (χ0n) is 21.5. The molecule has 0 radical (unpaired) electrons. The maximum atomic E-state index is 11.6. The maximum absolute atomic E-state index is 11.6. The van der Waals surface area contributed by atoms with E-state index in [-0.39, 0.29) is 5.56 Å². The standard InChI is InChI=1S/C31H27NO6/c1-35-25-9-5-7-21-23(15-17-27(37-3)29(21)25)32(20-13-11-19(12-14-20)31(33)34)24-16-18-28(38-4)30-22(24)8-6-10-26(30)36-2/h5-18H,1-4H3,(H,33,34). The van der Waals surface area contributed by atoms with Gasteiger partial charge in [0.2, 0.25) is 0 Å². The number of anilines is 3. The summed E-state index contributed by atoms with van der Waals surface area (Å²) in [5.74, 6) is 1.75. The summed E-state index contributed by atoms with van der Waals surface area (Å²) in [5.41, 5.74) is 2.70. The molecule has 0 aliphatic carbocycles. The van der Waals surface area contributed by atoms with Crippen molar-refractivity contribution in [2.24, 2.45) is 0 Å². The molecular formula is C31H27NO6. The Morgan fingerprint density at radius 1 is 0.579 bits per heavy atom. The quantitative estimate of drug-likeness (QED) is 0.237. The van der Waals surface area contributed by atoms with Gasteiger partial charge in [0.15, 0.2) is 0 Å². The van der Waals surface area contributed by atoms with E-state index >= 15 is 0 Å². The van der Waals surface area contributed by atoms with Gasteiger partial charge in [0.1, 0.15) is 23.0 Å². The summed E-state index contributed by atoms with van der Waals surface area (Å²) in [6, 6.07) is 26.3. The number of hydrogen-bond acceptors (Lipinski definition) is 6. The van der Waals surface area contributed by atoms with Crippen LogP contribution in [0.5, 0.6) is 23.0 Å². The molecule has 0 atom stereocenters. The molecule has 0 heterocycles. The summed E-state index contributed by atoms with van der Waals surface area (Å²) in [4.78, 5) is 13.7. The van der Waals surface area contributed by atoms with Crippen molar-refractivity contribution in [3.8, 4) is 23.0 Å². The highest BCUT2D eigenvalue weighted by Gasteiger charge is 2.22. The molecular weight excluding hydrogens is 482 g/mol. The first-order valence-corrected chi connectivity index (χ1v) is 11.9. The number of carboxylic acid groups (broad SMARTS) is 1. The Hall–Kier alpha value is -4.91. The molecule has 7 heteroatoms. The van der Waals surface area contributed by atoms with Crippen molar-refractivity contribution < 1.29 is 28.8 Å². The van der Waals surface area contributed by atoms with Crippen LogP contribution in [0, 0.1) is 0 Å². The molecule has 0 saturated carbocycles. The second-order valence-electron chi connectivity index (χ2n) is 8.53. The Bertz CT molecular complexity index is 1530. The molecule has 5 rings (SSSR count). The lowest BCUT2D eigenvalue weighted by Gasteiger charge is -2.29. The van der Waals surface area contributed by atoms with Crippen LogP contribution >= 0.6 is 0 Å². The Labute approximate surface area is 220 Å². The summed E-state index contributed by atoms with van der Waals surface area (Å²) in [5, 5.41) is 13.0. The predicted molar refractivity (Wildman–Crippen MR) is 149 cm³/mol. The SMILES string of the molecule is COc1cccc2c(N(c3ccc(C(=O)O)cc3)c3ccc(OC)c4c(OC)cccc34)ccc(OC)c12. The van der Waals surface area contributed by atoms with Crippen LogP contribution in [0.15, 0.2) is 84.9 Å². The van der Waals surface area contributed by atoms with E-state index in [1.54, 1.807) is 52.7 Å². The number of aromatic carboxylic acids is 1. The van der Waals surface area contributed by atoms with E-state index < -0.39 is 5.97 Å². The van der Waals surface area contributed by atoms with E-state index in [9.17, 15) is 9.90 Å². The van der Waals surface area contributed by atoms with Gasteiger partial charge in [0.25, 0.3) is 0 Å². The molecule has 0 bridgehead atoms. The lowest BCUT2D eigenvalue weighted by molar-refractivity contribution is 0.0697. The molecule has 38 heavy (non-hydrogen) atoms. The number of methoxy groups -OCH3 is 4. The van der Waals surface area contributed by atoms with Crippen LogP contribution in [0.1, 0.15) is 10.4 Å². The number of hydrogen-bond donors (Lipinski definition) is 1. The first kappa shape index (κ1) is 24.8. The van der Waals surface area contributed by atoms with E-state index in [2.05, 4.69) is 4.90 Å². The van der Waals surface area contributed by atoms with Crippen LogP contribution < -0.4 is 23.8 Å². The highest BCUT2D eigenvalue weighted by atomic mass is 16.5. The van der Waals surface area contributed by atoms with E-state index in [0.29, 0.717) is 23.0 Å². The summed E-state index contributed by atoms with van der Waals surface area (Å²) in [6.07, 6.45) is 0. The third-order valence-corrected chi connectivity index (χ3v) is 6.62. The molecule has 192 valence electrons. The highest BCUT2D eigenvalue weighted by molar-refractivity contribution is 6.10. The van der Waals surface area contributed by atoms with Crippen LogP contribution in [0.4, 0.5) is 17.1 Å². The second-order valence-corrected chi connectivity index (χ2v) is 8.53. The van der Waals surface area contributed by atoms with Crippen LogP contribution in [0.2, 0.25) is 0 Å². The molecule has 0 aromatic heterocycles. The first-order chi connectivity index (χ1) is 18.5. The molecule has 7 nitrogen and oxygen atoms in total. The number of nitrogens with zero attached hydrogens (tertiary/aromatic N) is 1. The van der Waals surface area contributed by atoms with Crippen molar-refractivity contribution >= 4 is 44.6 Å². The van der Waals surface area contributed by atoms with E-state index in [4.69, 9.17) is 18.9 Å². The van der Waals surface area contributed by atoms with Crippen molar-refractivity contribution in [3.05, 3.63) is 90.5 Å². The molecule has 0 aliphatic heterocycles. The van der Waals surface area contributed by atoms with Gasteiger partial charge in [0, 0.05) is 16.5 Å². The Balaban J connectivity index is 1.88. The first-order valence-electron chi connectivity index (χ1n) is 11.9. The van der Waals surface area contributed by atoms with Crippen LogP contribution in [0.25, 0.3) is 21.5 Å². The summed E-state index contributed by atoms with van der Waals surface area (Å²) < 4.78 is 22.8. The van der Waals surface area contributed by atoms with Crippen molar-refractivity contribution in [3.63, 3.8) is 0 Å². The fraction of sp³-hybridized carbons (Fsp3) is 0.129. The van der Waals surface area contributed by atoms with Crippen molar-refractivity contribution in [2.45, 2.75) is 0 Å². The van der Waals surface area contributed by atoms with Gasteiger partial charge < -0.3 is 29.0 Å². The number of ether oxygens (including phenoxy) is 4. The number of rotatable bonds is 8. The zero-order chi connectivity index (χ0) is 26.8. The van der Waals surface area contributed by atoms with E-state index in [0.717, 1.165) is 38.6 Å². The minimum Gasteiger partial charge on any atom is -0.496 e. The van der Waals surface area contributed by atoms with Crippen LogP contribution in [0.3, 0.4) is 0 Å². The number of benzene rings is 5. The van der Waals surface area contributed by atoms with Gasteiger partial charge in [-0.2, -0.15) is 0 Å². The molecule has 5 aromatic carbocycles. The predicted octanol–water partition coefficient (Wildman–Crippen LogP) is 7.20. The van der Waals surface area contributed by atoms with Gasteiger partial charge in [0.05, 0.1) is 56.1 Å². The molecule has 0 saturated heterocycles. The Kier molecular flexibility index (Phi) is 6.66. The van der Waals surface area contributed by atoms with Gasteiger partial charge >= 0.3 is 5.97 Å². The molecule has 0 amide bonds. The van der Waals surface area contributed by atoms with Crippen LogP contribution in [-0.4, -0.2) is 39.5 Å². The average molecular weight is 510 g/mol. The molecule has 0 aliphatic rings. The lowest BCUT2D eigenvalue weighted by atomic mass is 10.0. The summed E-state index contributed by atoms with van der Waals surface area (Å²) >= 11 is 0. The molecule has 0 unspecified atom stereocenters. The number of fused-ring (bicyclic) bond motifs is 2. The van der Waals surface area contributed by atoms with Crippen molar-refractivity contribution in [1.82, 2.24) is 0 Å². The zero-order valence-corrected chi connectivity index (χ0v) is 21.5. The van der Waals surface area contributed by atoms with Crippen molar-refractivity contribution in [1.29, 1.82) is 0 Å². The molecule has 1 N–H and O–H groups in total. The van der Waals surface area contributed by atoms with Gasteiger partial charge in [-0.15, -0.1) is 0 Å². The average Bonchev–Trinajstić information content (AvgIpc) is 2.96. The largest absolute Gasteiger partial charge is 0.496 e. The third-order valence-electron chi connectivity index (χ3n) is 6.62. The fourth-order valence-electron chi connectivity index (χ4n) is 4.88. The van der Waals surface area contributed by atoms with Crippen LogP contribution in [-0.2, 0) is 0 Å². The van der Waals surface area contributed by atoms with Gasteiger partial charge in [-0.3, -0.25) is 0 Å². The molecule has 0 fully saturated rings. The minimum atomic E-state index is -0.984. The summed E-state index contributed by atoms with van der Waals surface area (Å²) in [6.45, 7) is 0. The Morgan fingerprint density at radius 3 is 1.39 bits per heavy atom. The number of carbonyl (C=O) groups is 1. The maximum Gasteiger partial charge on any atom is 0.335 e. The number of carboxylic acids is 1. The normalized spacial score (nSPS) is 10.8.